The van der Waals surface area contributed by atoms with Gasteiger partial charge in [-0.1, -0.05) is 12.1 Å². The van der Waals surface area contributed by atoms with Gasteiger partial charge in [0.1, 0.15) is 6.10 Å². The number of aliphatic hydroxyl groups is 1. The van der Waals surface area contributed by atoms with Crippen molar-refractivity contribution in [3.8, 4) is 0 Å². The number of rotatable bonds is 5. The molecule has 0 heterocycles. The van der Waals surface area contributed by atoms with Crippen molar-refractivity contribution in [3.63, 3.8) is 0 Å². The summed E-state index contributed by atoms with van der Waals surface area (Å²) in [6, 6.07) is 4.11. The van der Waals surface area contributed by atoms with Crippen LogP contribution in [0.4, 0.5) is 0 Å². The van der Waals surface area contributed by atoms with Crippen molar-refractivity contribution < 1.29 is 27.9 Å². The predicted molar refractivity (Wildman–Crippen MR) is 74.1 cm³/mol. The van der Waals surface area contributed by atoms with Crippen LogP contribution in [0, 0.1) is 0 Å². The second-order valence-electron chi connectivity index (χ2n) is 4.49. The lowest BCUT2D eigenvalue weighted by molar-refractivity contribution is -0.148. The van der Waals surface area contributed by atoms with Crippen molar-refractivity contribution >= 4 is 21.7 Å². The van der Waals surface area contributed by atoms with E-state index in [0.717, 1.165) is 13.4 Å². The molecule has 0 aliphatic rings. The first-order valence-electron chi connectivity index (χ1n) is 6.00. The number of nitrogens with one attached hydrogen (secondary N) is 1. The Morgan fingerprint density at radius 3 is 2.14 bits per heavy atom. The maximum absolute atomic E-state index is 11.6. The number of aliphatic hydroxyl groups excluding tert-OH is 1. The Morgan fingerprint density at radius 2 is 1.76 bits per heavy atom. The molecule has 0 fully saturated rings. The lowest BCUT2D eigenvalue weighted by Crippen LogP contribution is -2.44. The summed E-state index contributed by atoms with van der Waals surface area (Å²) in [5.41, 5.74) is 0.284. The van der Waals surface area contributed by atoms with Gasteiger partial charge in [0.15, 0.2) is 15.9 Å². The first kappa shape index (κ1) is 17.1. The van der Waals surface area contributed by atoms with E-state index in [4.69, 9.17) is 0 Å². The summed E-state index contributed by atoms with van der Waals surface area (Å²) in [5.74, 6) is -1.30. The Hall–Kier alpha value is -1.93. The van der Waals surface area contributed by atoms with Gasteiger partial charge in [-0.15, -0.1) is 0 Å². The number of carbonyl (C=O) groups excluding carboxylic acids is 2. The minimum absolute atomic E-state index is 0.0904. The van der Waals surface area contributed by atoms with Crippen LogP contribution in [0.5, 0.6) is 0 Å². The van der Waals surface area contributed by atoms with E-state index in [1.54, 1.807) is 0 Å². The zero-order valence-electron chi connectivity index (χ0n) is 11.9. The highest BCUT2D eigenvalue weighted by molar-refractivity contribution is 7.90. The molecular formula is C13H17NO6S. The Kier molecular flexibility index (Phi) is 5.45. The molecule has 2 N–H and O–H groups in total. The molecule has 0 bridgehead atoms. The minimum atomic E-state index is -3.35. The van der Waals surface area contributed by atoms with Crippen molar-refractivity contribution in [1.29, 1.82) is 0 Å². The molecule has 0 aliphatic heterocycles. The summed E-state index contributed by atoms with van der Waals surface area (Å²) in [6.45, 7) is 1.20. The Balaban J connectivity index is 3.06. The van der Waals surface area contributed by atoms with E-state index in [1.165, 1.54) is 31.2 Å². The average molecular weight is 315 g/mol. The molecule has 116 valence electrons. The van der Waals surface area contributed by atoms with Crippen molar-refractivity contribution in [1.82, 2.24) is 5.32 Å². The van der Waals surface area contributed by atoms with Gasteiger partial charge in [-0.25, -0.2) is 13.2 Å². The van der Waals surface area contributed by atoms with E-state index in [1.807, 2.05) is 0 Å². The lowest BCUT2D eigenvalue weighted by atomic mass is 10.0. The van der Waals surface area contributed by atoms with Crippen LogP contribution in [0.15, 0.2) is 29.2 Å². The van der Waals surface area contributed by atoms with Crippen LogP contribution in [0.1, 0.15) is 18.6 Å². The van der Waals surface area contributed by atoms with Crippen molar-refractivity contribution in [2.45, 2.75) is 24.0 Å². The van der Waals surface area contributed by atoms with Crippen LogP contribution < -0.4 is 5.32 Å². The second kappa shape index (κ2) is 6.68. The van der Waals surface area contributed by atoms with Gasteiger partial charge in [-0.05, 0) is 17.7 Å². The predicted octanol–water partition coefficient (Wildman–Crippen LogP) is -0.199. The van der Waals surface area contributed by atoms with Crippen LogP contribution in [0.2, 0.25) is 0 Å². The highest BCUT2D eigenvalue weighted by Gasteiger charge is 2.29. The van der Waals surface area contributed by atoms with E-state index in [0.29, 0.717) is 0 Å². The number of methoxy groups -OCH3 is 1. The Labute approximate surface area is 122 Å². The normalized spacial score (nSPS) is 14.1. The maximum Gasteiger partial charge on any atom is 0.331 e. The summed E-state index contributed by atoms with van der Waals surface area (Å²) >= 11 is 0. The Bertz CT molecular complexity index is 623. The van der Waals surface area contributed by atoms with Gasteiger partial charge in [0.05, 0.1) is 12.0 Å². The van der Waals surface area contributed by atoms with Gasteiger partial charge in [-0.2, -0.15) is 0 Å². The van der Waals surface area contributed by atoms with Crippen molar-refractivity contribution in [3.05, 3.63) is 29.8 Å². The minimum Gasteiger partial charge on any atom is -0.467 e. The number of hydrogen-bond donors (Lipinski definition) is 2. The van der Waals surface area contributed by atoms with Gasteiger partial charge < -0.3 is 15.2 Å². The molecule has 0 aliphatic carbocycles. The van der Waals surface area contributed by atoms with Crippen molar-refractivity contribution in [2.75, 3.05) is 13.4 Å². The standard InChI is InChI=1S/C13H17NO6S/c1-8(15)14-11(13(17)20-2)12(16)9-4-6-10(7-5-9)21(3,18)19/h4-7,11-12,16H,1-3H3,(H,14,15)/t11-,12-/m0/s1. The number of sulfone groups is 1. The summed E-state index contributed by atoms with van der Waals surface area (Å²) < 4.78 is 27.2. The molecule has 0 aromatic heterocycles. The van der Waals surface area contributed by atoms with Gasteiger partial charge in [0, 0.05) is 13.2 Å². The van der Waals surface area contributed by atoms with Gasteiger partial charge in [0.2, 0.25) is 5.91 Å². The zero-order valence-corrected chi connectivity index (χ0v) is 12.7. The fraction of sp³-hybridized carbons (Fsp3) is 0.385. The van der Waals surface area contributed by atoms with Gasteiger partial charge in [0.25, 0.3) is 0 Å². The topological polar surface area (TPSA) is 110 Å². The van der Waals surface area contributed by atoms with Gasteiger partial charge in [-0.3, -0.25) is 4.79 Å². The number of benzene rings is 1. The largest absolute Gasteiger partial charge is 0.467 e. The smallest absolute Gasteiger partial charge is 0.331 e. The maximum atomic E-state index is 11.6. The molecule has 0 radical (unpaired) electrons. The van der Waals surface area contributed by atoms with Crippen LogP contribution in [-0.2, 0) is 24.2 Å². The second-order valence-corrected chi connectivity index (χ2v) is 6.50. The van der Waals surface area contributed by atoms with E-state index in [-0.39, 0.29) is 10.5 Å². The molecule has 1 rings (SSSR count). The summed E-state index contributed by atoms with van der Waals surface area (Å²) in [4.78, 5) is 22.8. The molecule has 1 amide bonds. The van der Waals surface area contributed by atoms with E-state index in [9.17, 15) is 23.1 Å². The lowest BCUT2D eigenvalue weighted by Gasteiger charge is -2.21. The fourth-order valence-electron chi connectivity index (χ4n) is 1.72. The molecule has 0 saturated carbocycles. The molecule has 0 spiro atoms. The molecule has 0 saturated heterocycles. The average Bonchev–Trinajstić information content (AvgIpc) is 2.42. The number of amides is 1. The van der Waals surface area contributed by atoms with Crippen LogP contribution in [0.25, 0.3) is 0 Å². The molecular weight excluding hydrogens is 298 g/mol. The third-order valence-corrected chi connectivity index (χ3v) is 3.91. The van der Waals surface area contributed by atoms with Crippen LogP contribution in [-0.4, -0.2) is 44.8 Å². The molecule has 8 heteroatoms. The number of esters is 1. The first-order chi connectivity index (χ1) is 9.66. The molecule has 1 aromatic carbocycles. The highest BCUT2D eigenvalue weighted by atomic mass is 32.2. The van der Waals surface area contributed by atoms with E-state index >= 15 is 0 Å². The SMILES string of the molecule is COC(=O)[C@@H](NC(C)=O)[C@@H](O)c1ccc(S(C)(=O)=O)cc1. The first-order valence-corrected chi connectivity index (χ1v) is 7.89. The molecule has 1 aromatic rings. The third-order valence-electron chi connectivity index (χ3n) is 2.78. The summed E-state index contributed by atoms with van der Waals surface area (Å²) in [6.07, 6.45) is -0.289. The summed E-state index contributed by atoms with van der Waals surface area (Å²) in [5, 5.41) is 12.5. The molecule has 21 heavy (non-hydrogen) atoms. The quantitative estimate of drug-likeness (QED) is 0.728. The monoisotopic (exact) mass is 315 g/mol. The zero-order chi connectivity index (χ0) is 16.2. The molecule has 0 unspecified atom stereocenters. The fourth-order valence-corrected chi connectivity index (χ4v) is 2.35. The Morgan fingerprint density at radius 1 is 1.24 bits per heavy atom. The number of hydrogen-bond acceptors (Lipinski definition) is 6. The molecule has 2 atom stereocenters. The van der Waals surface area contributed by atoms with E-state index < -0.39 is 33.9 Å². The third kappa shape index (κ3) is 4.54. The van der Waals surface area contributed by atoms with Crippen LogP contribution >= 0.6 is 0 Å². The summed E-state index contributed by atoms with van der Waals surface area (Å²) in [7, 11) is -2.21. The van der Waals surface area contributed by atoms with Crippen LogP contribution in [0.3, 0.4) is 0 Å². The number of ether oxygens (including phenoxy) is 1. The number of carbonyl (C=O) groups is 2. The molecule has 7 nitrogen and oxygen atoms in total. The highest BCUT2D eigenvalue weighted by Crippen LogP contribution is 2.20. The van der Waals surface area contributed by atoms with Crippen molar-refractivity contribution in [2.24, 2.45) is 0 Å². The van der Waals surface area contributed by atoms with Gasteiger partial charge >= 0.3 is 5.97 Å². The van der Waals surface area contributed by atoms with E-state index in [2.05, 4.69) is 10.1 Å².